The van der Waals surface area contributed by atoms with Crippen molar-refractivity contribution in [1.29, 1.82) is 0 Å². The first-order valence-corrected chi connectivity index (χ1v) is 16.4. The number of likely N-dealkylation sites (N-methyl/N-ethyl adjacent to an activating group) is 1. The van der Waals surface area contributed by atoms with Crippen LogP contribution in [0.4, 0.5) is 16.2 Å². The van der Waals surface area contributed by atoms with E-state index in [4.69, 9.17) is 4.74 Å². The lowest BCUT2D eigenvalue weighted by molar-refractivity contribution is 0.0190. The van der Waals surface area contributed by atoms with Crippen LogP contribution in [-0.2, 0) is 26.6 Å². The molecule has 1 amide bonds. The molecule has 3 aromatic carbocycles. The third-order valence-corrected chi connectivity index (χ3v) is 10.7. The molecule has 0 aliphatic carbocycles. The van der Waals surface area contributed by atoms with Crippen molar-refractivity contribution in [2.24, 2.45) is 0 Å². The quantitative estimate of drug-likeness (QED) is 0.300. The number of ether oxygens (including phenoxy) is 1. The standard InChI is InChI=1S/C35H41N3O4S/c1-23(2)21-30-27-12-10-14-29-31(27)35(19-20-37(30)33(39)42-34(4,5)6)22-25-11-8-9-13-28(25)38(32(35)36(29)7)43(40,41)26-17-15-24(3)16-18-26/h8-18,21,30,32H,19-20,22H2,1-7H3/t30-,32-,35-/m1/s1. The van der Waals surface area contributed by atoms with E-state index in [2.05, 4.69) is 23.1 Å². The third-order valence-electron chi connectivity index (χ3n) is 8.92. The van der Waals surface area contributed by atoms with Crippen LogP contribution in [0.3, 0.4) is 0 Å². The van der Waals surface area contributed by atoms with Crippen molar-refractivity contribution in [2.75, 3.05) is 22.8 Å². The van der Waals surface area contributed by atoms with E-state index in [-0.39, 0.29) is 17.0 Å². The van der Waals surface area contributed by atoms with Gasteiger partial charge in [0.05, 0.1) is 16.6 Å². The Labute approximate surface area is 255 Å². The lowest BCUT2D eigenvalue weighted by atomic mass is 9.69. The Morgan fingerprint density at radius 2 is 1.65 bits per heavy atom. The monoisotopic (exact) mass is 599 g/mol. The second-order valence-corrected chi connectivity index (χ2v) is 15.2. The van der Waals surface area contributed by atoms with Gasteiger partial charge < -0.3 is 9.64 Å². The fraction of sp³-hybridized carbons (Fsp3) is 0.400. The maximum Gasteiger partial charge on any atom is 0.411 e. The molecule has 43 heavy (non-hydrogen) atoms. The van der Waals surface area contributed by atoms with Gasteiger partial charge in [-0.2, -0.15) is 0 Å². The highest BCUT2D eigenvalue weighted by Crippen LogP contribution is 2.59. The number of allylic oxidation sites excluding steroid dienone is 1. The number of anilines is 2. The van der Waals surface area contributed by atoms with Crippen LogP contribution in [0, 0.1) is 6.92 Å². The Balaban J connectivity index is 1.60. The second kappa shape index (κ2) is 10.2. The smallest absolute Gasteiger partial charge is 0.411 e. The summed E-state index contributed by atoms with van der Waals surface area (Å²) in [4.78, 5) is 18.0. The SMILES string of the molecule is CC(C)=C[C@@H]1c2cccc3c2[C@@]2(CCN1C(=O)OC(C)(C)C)Cc1ccccc1N(S(=O)(=O)c1ccc(C)cc1)[C@H]2N3C. The van der Waals surface area contributed by atoms with Crippen LogP contribution in [0.15, 0.2) is 83.3 Å². The van der Waals surface area contributed by atoms with Gasteiger partial charge in [0.1, 0.15) is 11.8 Å². The van der Waals surface area contributed by atoms with Crippen LogP contribution in [-0.4, -0.2) is 44.8 Å². The van der Waals surface area contributed by atoms with E-state index in [0.29, 0.717) is 25.1 Å². The summed E-state index contributed by atoms with van der Waals surface area (Å²) >= 11 is 0. The Morgan fingerprint density at radius 3 is 2.33 bits per heavy atom. The highest BCUT2D eigenvalue weighted by Gasteiger charge is 2.60. The highest BCUT2D eigenvalue weighted by atomic mass is 32.2. The number of benzene rings is 3. The molecule has 1 spiro atoms. The Hall–Kier alpha value is -3.78. The molecule has 3 heterocycles. The van der Waals surface area contributed by atoms with E-state index in [9.17, 15) is 13.2 Å². The molecule has 0 unspecified atom stereocenters. The Bertz CT molecular complexity index is 1720. The molecule has 6 rings (SSSR count). The highest BCUT2D eigenvalue weighted by molar-refractivity contribution is 7.92. The summed E-state index contributed by atoms with van der Waals surface area (Å²) in [5.41, 5.74) is 5.66. The lowest BCUT2D eigenvalue weighted by Crippen LogP contribution is -2.61. The number of fused-ring (bicyclic) bond motifs is 1. The van der Waals surface area contributed by atoms with Crippen molar-refractivity contribution >= 4 is 27.5 Å². The van der Waals surface area contributed by atoms with E-state index in [1.807, 2.05) is 96.0 Å². The van der Waals surface area contributed by atoms with Crippen molar-refractivity contribution < 1.29 is 17.9 Å². The van der Waals surface area contributed by atoms with Crippen molar-refractivity contribution in [3.8, 4) is 0 Å². The van der Waals surface area contributed by atoms with Crippen LogP contribution in [0.5, 0.6) is 0 Å². The molecule has 7 nitrogen and oxygen atoms in total. The maximum absolute atomic E-state index is 14.7. The fourth-order valence-electron chi connectivity index (χ4n) is 7.26. The van der Waals surface area contributed by atoms with Crippen LogP contribution in [0.2, 0.25) is 0 Å². The zero-order chi connectivity index (χ0) is 30.9. The minimum Gasteiger partial charge on any atom is -0.444 e. The van der Waals surface area contributed by atoms with Gasteiger partial charge in [0.2, 0.25) is 0 Å². The molecule has 0 saturated carbocycles. The summed E-state index contributed by atoms with van der Waals surface area (Å²) in [6.07, 6.45) is 2.48. The molecule has 226 valence electrons. The van der Waals surface area contributed by atoms with E-state index in [1.165, 1.54) is 0 Å². The molecule has 3 aromatic rings. The summed E-state index contributed by atoms with van der Waals surface area (Å²) in [6, 6.07) is 20.8. The first kappa shape index (κ1) is 29.3. The summed E-state index contributed by atoms with van der Waals surface area (Å²) in [6.45, 7) is 12.1. The minimum absolute atomic E-state index is 0.265. The van der Waals surface area contributed by atoms with Crippen LogP contribution < -0.4 is 9.21 Å². The van der Waals surface area contributed by atoms with Gasteiger partial charge in [-0.1, -0.05) is 59.7 Å². The molecule has 0 aromatic heterocycles. The molecule has 0 saturated heterocycles. The molecule has 0 radical (unpaired) electrons. The number of rotatable bonds is 3. The van der Waals surface area contributed by atoms with Crippen LogP contribution >= 0.6 is 0 Å². The van der Waals surface area contributed by atoms with Crippen molar-refractivity contribution in [1.82, 2.24) is 4.90 Å². The third kappa shape index (κ3) is 4.71. The number of hydrogen-bond donors (Lipinski definition) is 0. The normalized spacial score (nSPS) is 22.7. The Morgan fingerprint density at radius 1 is 0.977 bits per heavy atom. The van der Waals surface area contributed by atoms with E-state index >= 15 is 0 Å². The first-order chi connectivity index (χ1) is 20.2. The van der Waals surface area contributed by atoms with Crippen molar-refractivity contribution in [2.45, 2.75) is 82.5 Å². The van der Waals surface area contributed by atoms with Gasteiger partial charge in [-0.25, -0.2) is 17.5 Å². The second-order valence-electron chi connectivity index (χ2n) is 13.4. The summed E-state index contributed by atoms with van der Waals surface area (Å²) < 4.78 is 37.0. The molecular formula is C35H41N3O4S. The molecule has 3 atom stereocenters. The number of para-hydroxylation sites is 1. The Kier molecular flexibility index (Phi) is 6.92. The van der Waals surface area contributed by atoms with Gasteiger partial charge in [0.15, 0.2) is 0 Å². The molecule has 0 fully saturated rings. The summed E-state index contributed by atoms with van der Waals surface area (Å²) in [5, 5.41) is 0. The molecule has 0 bridgehead atoms. The van der Waals surface area contributed by atoms with Gasteiger partial charge >= 0.3 is 6.09 Å². The zero-order valence-corrected chi connectivity index (χ0v) is 26.9. The van der Waals surface area contributed by atoms with Gasteiger partial charge in [-0.05, 0) is 95.3 Å². The zero-order valence-electron chi connectivity index (χ0n) is 26.1. The lowest BCUT2D eigenvalue weighted by Gasteiger charge is -2.49. The molecular weight excluding hydrogens is 558 g/mol. The first-order valence-electron chi connectivity index (χ1n) is 14.9. The summed E-state index contributed by atoms with van der Waals surface area (Å²) in [5.74, 6) is 0. The molecule has 3 aliphatic heterocycles. The summed E-state index contributed by atoms with van der Waals surface area (Å²) in [7, 11) is -1.95. The number of aryl methyl sites for hydroxylation is 1. The predicted octanol–water partition coefficient (Wildman–Crippen LogP) is 7.11. The van der Waals surface area contributed by atoms with E-state index in [1.54, 1.807) is 16.4 Å². The number of carbonyl (C=O) groups excluding carboxylic acids is 1. The van der Waals surface area contributed by atoms with Crippen molar-refractivity contribution in [3.05, 3.63) is 101 Å². The van der Waals surface area contributed by atoms with Gasteiger partial charge in [-0.3, -0.25) is 4.90 Å². The number of nitrogens with zero attached hydrogens (tertiary/aromatic N) is 3. The average Bonchev–Trinajstić information content (AvgIpc) is 3.09. The van der Waals surface area contributed by atoms with Crippen LogP contribution in [0.1, 0.15) is 69.3 Å². The molecule has 0 N–H and O–H groups in total. The average molecular weight is 600 g/mol. The number of sulfonamides is 1. The number of hydrogen-bond acceptors (Lipinski definition) is 5. The van der Waals surface area contributed by atoms with E-state index < -0.39 is 27.2 Å². The number of carbonyl (C=O) groups is 1. The van der Waals surface area contributed by atoms with Crippen LogP contribution in [0.25, 0.3) is 0 Å². The van der Waals surface area contributed by atoms with Gasteiger partial charge in [0, 0.05) is 24.7 Å². The molecule has 3 aliphatic rings. The van der Waals surface area contributed by atoms with E-state index in [0.717, 1.165) is 33.5 Å². The maximum atomic E-state index is 14.7. The fourth-order valence-corrected chi connectivity index (χ4v) is 9.01. The molecule has 8 heteroatoms. The van der Waals surface area contributed by atoms with Gasteiger partial charge in [-0.15, -0.1) is 0 Å². The van der Waals surface area contributed by atoms with Crippen molar-refractivity contribution in [3.63, 3.8) is 0 Å². The largest absolute Gasteiger partial charge is 0.444 e. The topological polar surface area (TPSA) is 70.2 Å². The predicted molar refractivity (Wildman–Crippen MR) is 171 cm³/mol. The number of amides is 1. The minimum atomic E-state index is -3.96. The van der Waals surface area contributed by atoms with Gasteiger partial charge in [0.25, 0.3) is 10.0 Å².